The monoisotopic (exact) mass is 476 g/mol. The number of carbonyl (C=O) groups excluding carboxylic acids is 1. The SMILES string of the molecule is Cc1c(-c2nccnc2-c2ccc(C#N)cc2)nc(C(N)=O)c(=O)n1-c1cccc(C(F)(F)F)c1. The molecule has 8 nitrogen and oxygen atoms in total. The molecular formula is C24H15F3N6O2. The van der Waals surface area contributed by atoms with E-state index in [9.17, 15) is 22.8 Å². The number of nitriles is 1. The number of primary amides is 1. The summed E-state index contributed by atoms with van der Waals surface area (Å²) in [6.45, 7) is 1.46. The molecule has 2 heterocycles. The molecule has 4 rings (SSSR count). The molecule has 0 radical (unpaired) electrons. The van der Waals surface area contributed by atoms with Gasteiger partial charge in [0.15, 0.2) is 5.69 Å². The van der Waals surface area contributed by atoms with E-state index in [-0.39, 0.29) is 22.8 Å². The van der Waals surface area contributed by atoms with Crippen molar-refractivity contribution >= 4 is 5.91 Å². The van der Waals surface area contributed by atoms with Crippen molar-refractivity contribution in [2.45, 2.75) is 13.1 Å². The number of alkyl halides is 3. The summed E-state index contributed by atoms with van der Waals surface area (Å²) in [5.41, 5.74) is 4.25. The van der Waals surface area contributed by atoms with E-state index >= 15 is 0 Å². The zero-order chi connectivity index (χ0) is 25.3. The highest BCUT2D eigenvalue weighted by atomic mass is 19.4. The van der Waals surface area contributed by atoms with Crippen LogP contribution >= 0.6 is 0 Å². The predicted octanol–water partition coefficient (Wildman–Crippen LogP) is 3.65. The molecule has 0 aliphatic carbocycles. The third-order valence-corrected chi connectivity index (χ3v) is 5.18. The molecule has 11 heteroatoms. The smallest absolute Gasteiger partial charge is 0.364 e. The van der Waals surface area contributed by atoms with Crippen LogP contribution in [0.2, 0.25) is 0 Å². The second-order valence-electron chi connectivity index (χ2n) is 7.39. The summed E-state index contributed by atoms with van der Waals surface area (Å²) in [7, 11) is 0. The van der Waals surface area contributed by atoms with E-state index in [1.807, 2.05) is 6.07 Å². The van der Waals surface area contributed by atoms with Crippen LogP contribution in [-0.4, -0.2) is 25.4 Å². The summed E-state index contributed by atoms with van der Waals surface area (Å²) < 4.78 is 40.9. The van der Waals surface area contributed by atoms with Crippen molar-refractivity contribution in [2.75, 3.05) is 0 Å². The molecule has 0 aliphatic rings. The summed E-state index contributed by atoms with van der Waals surface area (Å²) in [4.78, 5) is 37.9. The van der Waals surface area contributed by atoms with Gasteiger partial charge in [-0.05, 0) is 37.3 Å². The van der Waals surface area contributed by atoms with Gasteiger partial charge in [-0.1, -0.05) is 18.2 Å². The summed E-state index contributed by atoms with van der Waals surface area (Å²) in [5.74, 6) is -1.15. The standard InChI is InChI=1S/C24H15F3N6O2/c1-13-18(20-19(30-9-10-31-20)15-7-5-14(12-28)6-8-15)32-21(22(29)34)23(35)33(13)17-4-2-3-16(11-17)24(25,26)27/h2-11H,1H3,(H2,29,34). The van der Waals surface area contributed by atoms with Crippen molar-refractivity contribution < 1.29 is 18.0 Å². The van der Waals surface area contributed by atoms with E-state index in [2.05, 4.69) is 15.0 Å². The van der Waals surface area contributed by atoms with Gasteiger partial charge in [-0.25, -0.2) is 4.98 Å². The highest BCUT2D eigenvalue weighted by Crippen LogP contribution is 2.32. The molecule has 35 heavy (non-hydrogen) atoms. The Hall–Kier alpha value is -4.85. The first-order valence-electron chi connectivity index (χ1n) is 10.0. The Kier molecular flexibility index (Phi) is 5.88. The molecule has 2 aromatic carbocycles. The number of hydrogen-bond acceptors (Lipinski definition) is 6. The van der Waals surface area contributed by atoms with Crippen LogP contribution in [0.5, 0.6) is 0 Å². The number of hydrogen-bond donors (Lipinski definition) is 1. The minimum Gasteiger partial charge on any atom is -0.364 e. The molecule has 0 bridgehead atoms. The number of benzene rings is 2. The first-order chi connectivity index (χ1) is 16.6. The van der Waals surface area contributed by atoms with Crippen molar-refractivity contribution in [3.05, 3.63) is 93.8 Å². The lowest BCUT2D eigenvalue weighted by atomic mass is 10.0. The third-order valence-electron chi connectivity index (χ3n) is 5.18. The zero-order valence-corrected chi connectivity index (χ0v) is 18.0. The van der Waals surface area contributed by atoms with Gasteiger partial charge in [-0.15, -0.1) is 0 Å². The van der Waals surface area contributed by atoms with Crippen molar-refractivity contribution in [1.29, 1.82) is 5.26 Å². The van der Waals surface area contributed by atoms with E-state index in [0.29, 0.717) is 16.8 Å². The third kappa shape index (κ3) is 4.37. The van der Waals surface area contributed by atoms with E-state index in [1.54, 1.807) is 24.3 Å². The summed E-state index contributed by atoms with van der Waals surface area (Å²) in [6, 6.07) is 12.6. The Balaban J connectivity index is 2.02. The lowest BCUT2D eigenvalue weighted by Crippen LogP contribution is -2.32. The fourth-order valence-corrected chi connectivity index (χ4v) is 3.55. The van der Waals surface area contributed by atoms with Gasteiger partial charge in [0.1, 0.15) is 11.4 Å². The minimum absolute atomic E-state index is 0.0308. The maximum absolute atomic E-state index is 13.3. The molecule has 0 saturated carbocycles. The first kappa shape index (κ1) is 23.3. The highest BCUT2D eigenvalue weighted by molar-refractivity contribution is 5.91. The topological polar surface area (TPSA) is 128 Å². The van der Waals surface area contributed by atoms with E-state index in [4.69, 9.17) is 11.0 Å². The molecule has 0 atom stereocenters. The van der Waals surface area contributed by atoms with Gasteiger partial charge in [-0.3, -0.25) is 24.1 Å². The molecule has 174 valence electrons. The van der Waals surface area contributed by atoms with Crippen LogP contribution in [0.25, 0.3) is 28.3 Å². The highest BCUT2D eigenvalue weighted by Gasteiger charge is 2.31. The second-order valence-corrected chi connectivity index (χ2v) is 7.39. The average Bonchev–Trinajstić information content (AvgIpc) is 2.84. The van der Waals surface area contributed by atoms with Crippen LogP contribution in [0.1, 0.15) is 27.3 Å². The Bertz CT molecular complexity index is 1550. The Morgan fingerprint density at radius 2 is 1.69 bits per heavy atom. The number of aromatic nitrogens is 4. The number of nitrogens with two attached hydrogens (primary N) is 1. The Morgan fingerprint density at radius 3 is 2.29 bits per heavy atom. The van der Waals surface area contributed by atoms with Crippen LogP contribution in [0, 0.1) is 18.3 Å². The fourth-order valence-electron chi connectivity index (χ4n) is 3.55. The summed E-state index contributed by atoms with van der Waals surface area (Å²) in [5, 5.41) is 9.05. The van der Waals surface area contributed by atoms with Crippen molar-refractivity contribution in [3.8, 4) is 34.4 Å². The molecule has 0 unspecified atom stereocenters. The molecule has 2 N–H and O–H groups in total. The van der Waals surface area contributed by atoms with Crippen molar-refractivity contribution in [3.63, 3.8) is 0 Å². The lowest BCUT2D eigenvalue weighted by Gasteiger charge is -2.17. The van der Waals surface area contributed by atoms with Crippen LogP contribution in [0.4, 0.5) is 13.2 Å². The summed E-state index contributed by atoms with van der Waals surface area (Å²) >= 11 is 0. The van der Waals surface area contributed by atoms with Gasteiger partial charge < -0.3 is 5.73 Å². The van der Waals surface area contributed by atoms with Crippen LogP contribution in [0.3, 0.4) is 0 Å². The lowest BCUT2D eigenvalue weighted by molar-refractivity contribution is -0.137. The number of rotatable bonds is 4. The zero-order valence-electron chi connectivity index (χ0n) is 18.0. The molecule has 0 saturated heterocycles. The molecule has 1 amide bonds. The van der Waals surface area contributed by atoms with Crippen molar-refractivity contribution in [2.24, 2.45) is 5.73 Å². The minimum atomic E-state index is -4.65. The van der Waals surface area contributed by atoms with Gasteiger partial charge >= 0.3 is 6.18 Å². The maximum Gasteiger partial charge on any atom is 0.416 e. The van der Waals surface area contributed by atoms with Gasteiger partial charge in [0, 0.05) is 23.6 Å². The number of carbonyl (C=O) groups is 1. The van der Waals surface area contributed by atoms with Gasteiger partial charge in [0.05, 0.1) is 28.6 Å². The first-order valence-corrected chi connectivity index (χ1v) is 10.0. The van der Waals surface area contributed by atoms with E-state index in [0.717, 1.165) is 22.8 Å². The van der Waals surface area contributed by atoms with Gasteiger partial charge in [0.2, 0.25) is 0 Å². The molecule has 0 fully saturated rings. The Labute approximate surface area is 196 Å². The van der Waals surface area contributed by atoms with Crippen LogP contribution in [0.15, 0.2) is 65.7 Å². The number of amides is 1. The van der Waals surface area contributed by atoms with Gasteiger partial charge in [-0.2, -0.15) is 18.4 Å². The summed E-state index contributed by atoms with van der Waals surface area (Å²) in [6.07, 6.45) is -1.86. The Morgan fingerprint density at radius 1 is 1.03 bits per heavy atom. The van der Waals surface area contributed by atoms with Crippen LogP contribution in [-0.2, 0) is 6.18 Å². The quantitative estimate of drug-likeness (QED) is 0.479. The van der Waals surface area contributed by atoms with Crippen molar-refractivity contribution in [1.82, 2.24) is 19.5 Å². The van der Waals surface area contributed by atoms with Gasteiger partial charge in [0.25, 0.3) is 11.5 Å². The molecule has 0 spiro atoms. The molecular weight excluding hydrogens is 461 g/mol. The normalized spacial score (nSPS) is 11.2. The predicted molar refractivity (Wildman–Crippen MR) is 119 cm³/mol. The van der Waals surface area contributed by atoms with E-state index < -0.39 is 28.9 Å². The molecule has 0 aliphatic heterocycles. The average molecular weight is 476 g/mol. The second kappa shape index (κ2) is 8.83. The largest absolute Gasteiger partial charge is 0.416 e. The number of nitrogens with zero attached hydrogens (tertiary/aromatic N) is 5. The fraction of sp³-hybridized carbons (Fsp3) is 0.0833. The van der Waals surface area contributed by atoms with Crippen LogP contribution < -0.4 is 11.3 Å². The maximum atomic E-state index is 13.3. The molecule has 4 aromatic rings. The molecule has 2 aromatic heterocycles. The van der Waals surface area contributed by atoms with E-state index in [1.165, 1.54) is 25.4 Å². The number of halogens is 3.